The summed E-state index contributed by atoms with van der Waals surface area (Å²) in [5.74, 6) is 0. The molecule has 0 saturated carbocycles. The highest BCUT2D eigenvalue weighted by molar-refractivity contribution is 7.07. The van der Waals surface area contributed by atoms with Crippen molar-refractivity contribution in [2.24, 2.45) is 0 Å². The number of aryl methyl sites for hydroxylation is 2. The van der Waals surface area contributed by atoms with Crippen LogP contribution in [0.2, 0.25) is 5.15 Å². The molecule has 0 unspecified atom stereocenters. The molecule has 0 fully saturated rings. The van der Waals surface area contributed by atoms with Crippen LogP contribution in [0.5, 0.6) is 0 Å². The van der Waals surface area contributed by atoms with E-state index in [1.165, 1.54) is 18.0 Å². The van der Waals surface area contributed by atoms with Gasteiger partial charge in [-0.3, -0.25) is 9.36 Å². The zero-order valence-electron chi connectivity index (χ0n) is 7.89. The fraction of sp³-hybridized carbons (Fsp3) is 0.200. The normalized spacial score (nSPS) is 10.5. The fourth-order valence-corrected chi connectivity index (χ4v) is 2.10. The lowest BCUT2D eigenvalue weighted by Gasteiger charge is -2.02. The molecule has 0 saturated heterocycles. The molecule has 2 aromatic heterocycles. The van der Waals surface area contributed by atoms with Crippen LogP contribution < -0.4 is 5.56 Å². The number of aromatic nitrogens is 2. The number of rotatable bonds is 3. The average Bonchev–Trinajstić information content (AvgIpc) is 2.69. The molecule has 0 N–H and O–H groups in total. The van der Waals surface area contributed by atoms with Gasteiger partial charge in [-0.25, -0.2) is 4.98 Å². The number of halogens is 1. The van der Waals surface area contributed by atoms with Gasteiger partial charge in [0.2, 0.25) is 0 Å². The Bertz CT molecular complexity index is 492. The Labute approximate surface area is 96.0 Å². The fourth-order valence-electron chi connectivity index (χ4n) is 1.26. The summed E-state index contributed by atoms with van der Waals surface area (Å²) in [5.41, 5.74) is 1.13. The Morgan fingerprint density at radius 1 is 1.53 bits per heavy atom. The summed E-state index contributed by atoms with van der Waals surface area (Å²) in [5, 5.41) is 4.35. The molecule has 0 atom stereocenters. The lowest BCUT2D eigenvalue weighted by Crippen LogP contribution is -2.20. The first kappa shape index (κ1) is 10.4. The lowest BCUT2D eigenvalue weighted by atomic mass is 10.2. The summed E-state index contributed by atoms with van der Waals surface area (Å²) in [6, 6.07) is 3.38. The summed E-state index contributed by atoms with van der Waals surface area (Å²) in [6.07, 6.45) is 2.32. The van der Waals surface area contributed by atoms with Gasteiger partial charge in [-0.15, -0.1) is 0 Å². The maximum absolute atomic E-state index is 11.4. The highest BCUT2D eigenvalue weighted by Gasteiger charge is 1.99. The van der Waals surface area contributed by atoms with Gasteiger partial charge in [0.25, 0.3) is 5.56 Å². The highest BCUT2D eigenvalue weighted by atomic mass is 35.5. The van der Waals surface area contributed by atoms with Crippen LogP contribution in [0.1, 0.15) is 5.56 Å². The van der Waals surface area contributed by atoms with Crippen molar-refractivity contribution in [2.45, 2.75) is 13.0 Å². The minimum absolute atomic E-state index is 0.106. The van der Waals surface area contributed by atoms with Gasteiger partial charge in [0, 0.05) is 12.6 Å². The molecule has 0 aliphatic carbocycles. The van der Waals surface area contributed by atoms with Crippen LogP contribution in [-0.2, 0) is 13.0 Å². The summed E-state index contributed by atoms with van der Waals surface area (Å²) < 4.78 is 1.56. The van der Waals surface area contributed by atoms with E-state index in [9.17, 15) is 4.79 Å². The molecule has 0 aromatic carbocycles. The van der Waals surface area contributed by atoms with E-state index in [1.54, 1.807) is 15.9 Å². The highest BCUT2D eigenvalue weighted by Crippen LogP contribution is 2.07. The SMILES string of the molecule is O=c1cc(Cl)ncn1CCc1ccsc1. The second kappa shape index (κ2) is 4.59. The Balaban J connectivity index is 2.09. The molecule has 15 heavy (non-hydrogen) atoms. The first-order chi connectivity index (χ1) is 7.25. The Kier molecular flexibility index (Phi) is 3.18. The van der Waals surface area contributed by atoms with Crippen LogP contribution in [0, 0.1) is 0 Å². The standard InChI is InChI=1S/C10H9ClN2OS/c11-9-5-10(14)13(7-12-9)3-1-8-2-4-15-6-8/h2,4-7H,1,3H2. The van der Waals surface area contributed by atoms with Gasteiger partial charge in [-0.2, -0.15) is 11.3 Å². The Hall–Kier alpha value is -1.13. The van der Waals surface area contributed by atoms with Crippen molar-refractivity contribution in [3.8, 4) is 0 Å². The van der Waals surface area contributed by atoms with Gasteiger partial charge in [-0.05, 0) is 28.8 Å². The molecular weight excluding hydrogens is 232 g/mol. The summed E-state index contributed by atoms with van der Waals surface area (Å²) in [6.45, 7) is 0.639. The van der Waals surface area contributed by atoms with E-state index < -0.39 is 0 Å². The minimum atomic E-state index is -0.106. The van der Waals surface area contributed by atoms with Crippen molar-refractivity contribution in [1.29, 1.82) is 0 Å². The van der Waals surface area contributed by atoms with Crippen LogP contribution in [0.3, 0.4) is 0 Å². The molecule has 2 heterocycles. The summed E-state index contributed by atoms with van der Waals surface area (Å²) >= 11 is 7.25. The van der Waals surface area contributed by atoms with E-state index in [0.717, 1.165) is 6.42 Å². The van der Waals surface area contributed by atoms with E-state index in [-0.39, 0.29) is 10.7 Å². The van der Waals surface area contributed by atoms with Crippen molar-refractivity contribution >= 4 is 22.9 Å². The largest absolute Gasteiger partial charge is 0.299 e. The third-order valence-electron chi connectivity index (χ3n) is 2.07. The Morgan fingerprint density at radius 2 is 2.40 bits per heavy atom. The van der Waals surface area contributed by atoms with Crippen LogP contribution >= 0.6 is 22.9 Å². The molecule has 2 aromatic rings. The molecule has 78 valence electrons. The first-order valence-corrected chi connectivity index (χ1v) is 5.81. The third kappa shape index (κ3) is 2.67. The molecule has 2 rings (SSSR count). The number of nitrogens with zero attached hydrogens (tertiary/aromatic N) is 2. The van der Waals surface area contributed by atoms with Crippen molar-refractivity contribution < 1.29 is 0 Å². The topological polar surface area (TPSA) is 34.9 Å². The lowest BCUT2D eigenvalue weighted by molar-refractivity contribution is 0.655. The van der Waals surface area contributed by atoms with E-state index >= 15 is 0 Å². The quantitative estimate of drug-likeness (QED) is 0.771. The first-order valence-electron chi connectivity index (χ1n) is 4.49. The van der Waals surface area contributed by atoms with E-state index in [0.29, 0.717) is 6.54 Å². The van der Waals surface area contributed by atoms with Crippen LogP contribution in [0.25, 0.3) is 0 Å². The molecule has 0 bridgehead atoms. The van der Waals surface area contributed by atoms with Crippen molar-refractivity contribution in [3.05, 3.63) is 50.3 Å². The predicted molar refractivity (Wildman–Crippen MR) is 61.5 cm³/mol. The van der Waals surface area contributed by atoms with Crippen molar-refractivity contribution in [1.82, 2.24) is 9.55 Å². The second-order valence-electron chi connectivity index (χ2n) is 3.12. The molecule has 0 spiro atoms. The molecule has 0 radical (unpaired) electrons. The van der Waals surface area contributed by atoms with E-state index in [2.05, 4.69) is 16.4 Å². The molecule has 5 heteroatoms. The zero-order valence-corrected chi connectivity index (χ0v) is 9.46. The van der Waals surface area contributed by atoms with Gasteiger partial charge in [0.1, 0.15) is 5.15 Å². The van der Waals surface area contributed by atoms with Gasteiger partial charge >= 0.3 is 0 Å². The molecule has 0 aliphatic rings. The molecular formula is C10H9ClN2OS. The number of hydrogen-bond donors (Lipinski definition) is 0. The van der Waals surface area contributed by atoms with Crippen LogP contribution in [0.15, 0.2) is 34.0 Å². The molecule has 0 aliphatic heterocycles. The van der Waals surface area contributed by atoms with Gasteiger partial charge in [0.05, 0.1) is 6.33 Å². The smallest absolute Gasteiger partial charge is 0.254 e. The van der Waals surface area contributed by atoms with Gasteiger partial charge < -0.3 is 0 Å². The van der Waals surface area contributed by atoms with Crippen molar-refractivity contribution in [3.63, 3.8) is 0 Å². The van der Waals surface area contributed by atoms with E-state index in [1.807, 2.05) is 5.38 Å². The van der Waals surface area contributed by atoms with Crippen LogP contribution in [-0.4, -0.2) is 9.55 Å². The summed E-state index contributed by atoms with van der Waals surface area (Å²) in [4.78, 5) is 15.3. The maximum atomic E-state index is 11.4. The van der Waals surface area contributed by atoms with Gasteiger partial charge in [-0.1, -0.05) is 11.6 Å². The number of thiophene rings is 1. The molecule has 0 amide bonds. The minimum Gasteiger partial charge on any atom is -0.299 e. The Morgan fingerprint density at radius 3 is 3.07 bits per heavy atom. The summed E-state index contributed by atoms with van der Waals surface area (Å²) in [7, 11) is 0. The second-order valence-corrected chi connectivity index (χ2v) is 4.29. The van der Waals surface area contributed by atoms with Gasteiger partial charge in [0.15, 0.2) is 0 Å². The van der Waals surface area contributed by atoms with E-state index in [4.69, 9.17) is 11.6 Å². The monoisotopic (exact) mass is 240 g/mol. The third-order valence-corrected chi connectivity index (χ3v) is 3.01. The van der Waals surface area contributed by atoms with Crippen LogP contribution in [0.4, 0.5) is 0 Å². The zero-order chi connectivity index (χ0) is 10.7. The maximum Gasteiger partial charge on any atom is 0.254 e. The predicted octanol–water partition coefficient (Wildman–Crippen LogP) is 2.20. The molecule has 3 nitrogen and oxygen atoms in total. The average molecular weight is 241 g/mol. The number of hydrogen-bond acceptors (Lipinski definition) is 3. The van der Waals surface area contributed by atoms with Crippen molar-refractivity contribution in [2.75, 3.05) is 0 Å².